The van der Waals surface area contributed by atoms with Crippen LogP contribution in [0.15, 0.2) is 89.4 Å². The summed E-state index contributed by atoms with van der Waals surface area (Å²) in [6, 6.07) is 20.5. The molecule has 1 aliphatic heterocycles. The van der Waals surface area contributed by atoms with E-state index in [1.54, 1.807) is 24.0 Å². The molecule has 3 N–H and O–H groups in total. The van der Waals surface area contributed by atoms with Crippen molar-refractivity contribution in [3.63, 3.8) is 0 Å². The van der Waals surface area contributed by atoms with Crippen molar-refractivity contribution in [1.29, 1.82) is 0 Å². The van der Waals surface area contributed by atoms with Gasteiger partial charge in [-0.25, -0.2) is 4.98 Å². The Morgan fingerprint density at radius 2 is 1.64 bits per heavy atom. The Morgan fingerprint density at radius 3 is 2.29 bits per heavy atom. The number of aliphatic hydroxyl groups is 1. The van der Waals surface area contributed by atoms with E-state index in [9.17, 15) is 19.5 Å². The molecule has 4 heterocycles. The van der Waals surface area contributed by atoms with Crippen LogP contribution in [0.3, 0.4) is 0 Å². The minimum Gasteiger partial charge on any atom is -0.391 e. The maximum atomic E-state index is 14.2. The zero-order valence-electron chi connectivity index (χ0n) is 39.1. The lowest BCUT2D eigenvalue weighted by molar-refractivity contribution is -0.144. The third-order valence-electron chi connectivity index (χ3n) is 12.2. The van der Waals surface area contributed by atoms with E-state index in [4.69, 9.17) is 9.26 Å². The van der Waals surface area contributed by atoms with Crippen LogP contribution in [-0.2, 0) is 19.1 Å². The van der Waals surface area contributed by atoms with E-state index >= 15 is 0 Å². The molecular formula is C50H61N9O6S. The number of nitrogens with one attached hydrogen (secondary N) is 2. The minimum atomic E-state index is -0.953. The topological polar surface area (TPSA) is 181 Å². The maximum Gasteiger partial charge on any atom is 0.246 e. The molecule has 0 radical (unpaired) electrons. The molecule has 15 nitrogen and oxygen atoms in total. The summed E-state index contributed by atoms with van der Waals surface area (Å²) in [7, 11) is 0. The van der Waals surface area contributed by atoms with Crippen molar-refractivity contribution in [1.82, 2.24) is 40.4 Å². The molecule has 1 aliphatic rings. The number of β-amino-alcohol motifs (C(OH)–C–C–N with tert-alkyl or cyclic N) is 1. The molecule has 7 rings (SSSR count). The van der Waals surface area contributed by atoms with Gasteiger partial charge >= 0.3 is 0 Å². The first kappa shape index (κ1) is 47.7. The normalized spacial score (nSPS) is 16.0. The number of rotatable bonds is 18. The third-order valence-corrected chi connectivity index (χ3v) is 13.1. The number of aryl methyl sites for hydroxylation is 4. The molecule has 0 saturated carbocycles. The number of hydrogen-bond acceptors (Lipinski definition) is 12. The molecule has 66 heavy (non-hydrogen) atoms. The molecule has 3 aromatic heterocycles. The number of thiazole rings is 1. The molecule has 6 aromatic rings. The van der Waals surface area contributed by atoms with E-state index in [-0.39, 0.29) is 31.5 Å². The average Bonchev–Trinajstić information content (AvgIpc) is 4.13. The number of ether oxygens (including phenoxy) is 1. The highest BCUT2D eigenvalue weighted by molar-refractivity contribution is 7.13. The number of anilines is 2. The van der Waals surface area contributed by atoms with Crippen LogP contribution in [0.2, 0.25) is 0 Å². The summed E-state index contributed by atoms with van der Waals surface area (Å²) in [4.78, 5) is 50.4. The summed E-state index contributed by atoms with van der Waals surface area (Å²) < 4.78 is 13.2. The summed E-state index contributed by atoms with van der Waals surface area (Å²) in [6.07, 6.45) is 5.00. The highest BCUT2D eigenvalue weighted by atomic mass is 32.1. The first-order chi connectivity index (χ1) is 31.6. The van der Waals surface area contributed by atoms with Crippen LogP contribution in [0.1, 0.15) is 87.7 Å². The van der Waals surface area contributed by atoms with Crippen LogP contribution in [0.4, 0.5) is 11.4 Å². The second kappa shape index (κ2) is 20.9. The standard InChI is InChI=1S/C50H61N9O6S/c1-31-12-13-38(45-33(3)56-65-35(45)5)24-42(31)58(40-20-18-39(19-21-40)57-28-52-53-29-57)22-10-9-11-23-64-27-44(61)55-47(50(6,7)8)49(63)59-26-41(60)25-43(59)48(62)54-32(2)36-14-16-37(17-15-36)46-34(4)51-30-66-46/h12-21,24,28-30,32,41,43,47,60H,9-11,22-23,25-27H2,1-8H3,(H,54,62)(H,55,61)/t32-,41+,43-,47+/m0/s1. The number of aromatic nitrogens is 5. The van der Waals surface area contributed by atoms with Crippen molar-refractivity contribution in [2.75, 3.05) is 31.2 Å². The molecule has 0 spiro atoms. The number of nitrogens with zero attached hydrogens (tertiary/aromatic N) is 7. The lowest BCUT2D eigenvalue weighted by Crippen LogP contribution is -2.58. The van der Waals surface area contributed by atoms with Crippen LogP contribution in [-0.4, -0.2) is 97.1 Å². The number of carbonyl (C=O) groups excluding carboxylic acids is 3. The Kier molecular flexibility index (Phi) is 15.1. The van der Waals surface area contributed by atoms with Crippen molar-refractivity contribution in [2.24, 2.45) is 5.41 Å². The number of likely N-dealkylation sites (tertiary alicyclic amines) is 1. The Bertz CT molecular complexity index is 2560. The Hall–Kier alpha value is -6.23. The highest BCUT2D eigenvalue weighted by Crippen LogP contribution is 2.36. The maximum absolute atomic E-state index is 14.2. The molecule has 3 aromatic carbocycles. The fourth-order valence-corrected chi connectivity index (χ4v) is 9.32. The zero-order chi connectivity index (χ0) is 47.1. The quantitative estimate of drug-likeness (QED) is 0.0712. The van der Waals surface area contributed by atoms with Crippen LogP contribution >= 0.6 is 11.3 Å². The number of carbonyl (C=O) groups is 3. The summed E-state index contributed by atoms with van der Waals surface area (Å²) in [5, 5.41) is 28.7. The average molecular weight is 916 g/mol. The monoisotopic (exact) mass is 915 g/mol. The summed E-state index contributed by atoms with van der Waals surface area (Å²) in [5.74, 6) is -0.436. The summed E-state index contributed by atoms with van der Waals surface area (Å²) >= 11 is 1.58. The predicted molar refractivity (Wildman–Crippen MR) is 256 cm³/mol. The van der Waals surface area contributed by atoms with Gasteiger partial charge in [0.25, 0.3) is 0 Å². The second-order valence-electron chi connectivity index (χ2n) is 18.2. The number of unbranched alkanes of at least 4 members (excludes halogenated alkanes) is 2. The number of amides is 3. The third kappa shape index (κ3) is 11.2. The lowest BCUT2D eigenvalue weighted by Gasteiger charge is -2.35. The Labute approximate surface area is 390 Å². The molecular weight excluding hydrogens is 855 g/mol. The SMILES string of the molecule is Cc1ccc(-c2c(C)noc2C)cc1N(CCCCCOCC(=O)N[C@H](C(=O)N1C[C@H](O)C[C@H]1C(=O)N[C@@H](C)c1ccc(-c2scnc2C)cc1)C(C)(C)C)c1ccc(-n2cnnc2)cc1. The summed E-state index contributed by atoms with van der Waals surface area (Å²) in [6.45, 7) is 16.3. The largest absolute Gasteiger partial charge is 0.391 e. The van der Waals surface area contributed by atoms with Crippen LogP contribution in [0, 0.1) is 33.1 Å². The number of aliphatic hydroxyl groups excluding tert-OH is 1. The van der Waals surface area contributed by atoms with Crippen LogP contribution < -0.4 is 15.5 Å². The molecule has 0 unspecified atom stereocenters. The molecule has 3 amide bonds. The smallest absolute Gasteiger partial charge is 0.246 e. The molecule has 1 fully saturated rings. The van der Waals surface area contributed by atoms with Gasteiger partial charge < -0.3 is 34.8 Å². The van der Waals surface area contributed by atoms with E-state index in [0.29, 0.717) is 6.61 Å². The number of hydrogen-bond donors (Lipinski definition) is 3. The zero-order valence-corrected chi connectivity index (χ0v) is 39.9. The second-order valence-corrected chi connectivity index (χ2v) is 19.1. The first-order valence-corrected chi connectivity index (χ1v) is 23.4. The molecule has 1 saturated heterocycles. The van der Waals surface area contributed by atoms with Crippen molar-refractivity contribution in [2.45, 2.75) is 105 Å². The van der Waals surface area contributed by atoms with Gasteiger partial charge in [0.1, 0.15) is 37.1 Å². The van der Waals surface area contributed by atoms with Gasteiger partial charge in [0, 0.05) is 48.7 Å². The van der Waals surface area contributed by atoms with Gasteiger partial charge in [0.15, 0.2) is 0 Å². The first-order valence-electron chi connectivity index (χ1n) is 22.5. The van der Waals surface area contributed by atoms with Gasteiger partial charge in [0.2, 0.25) is 17.7 Å². The van der Waals surface area contributed by atoms with E-state index < -0.39 is 35.4 Å². The van der Waals surface area contributed by atoms with E-state index in [1.165, 1.54) is 4.90 Å². The van der Waals surface area contributed by atoms with Crippen molar-refractivity contribution < 1.29 is 28.8 Å². The predicted octanol–water partition coefficient (Wildman–Crippen LogP) is 7.97. The van der Waals surface area contributed by atoms with Gasteiger partial charge in [-0.2, -0.15) is 0 Å². The minimum absolute atomic E-state index is 0.00860. The molecule has 0 bridgehead atoms. The van der Waals surface area contributed by atoms with Crippen molar-refractivity contribution in [3.8, 4) is 27.3 Å². The van der Waals surface area contributed by atoms with E-state index in [0.717, 1.165) is 92.7 Å². The van der Waals surface area contributed by atoms with Crippen LogP contribution in [0.5, 0.6) is 0 Å². The van der Waals surface area contributed by atoms with Gasteiger partial charge in [-0.1, -0.05) is 62.3 Å². The van der Waals surface area contributed by atoms with Gasteiger partial charge in [-0.05, 0) is 112 Å². The Morgan fingerprint density at radius 1 is 0.924 bits per heavy atom. The van der Waals surface area contributed by atoms with Gasteiger partial charge in [0.05, 0.1) is 33.9 Å². The summed E-state index contributed by atoms with van der Waals surface area (Å²) in [5.41, 5.74) is 11.1. The Balaban J connectivity index is 0.921. The molecule has 4 atom stereocenters. The molecule has 16 heteroatoms. The van der Waals surface area contributed by atoms with Crippen molar-refractivity contribution >= 4 is 40.4 Å². The molecule has 348 valence electrons. The van der Waals surface area contributed by atoms with E-state index in [2.05, 4.69) is 73.1 Å². The lowest BCUT2D eigenvalue weighted by atomic mass is 9.85. The van der Waals surface area contributed by atoms with Gasteiger partial charge in [-0.3, -0.25) is 19.0 Å². The molecule has 0 aliphatic carbocycles. The number of benzene rings is 3. The van der Waals surface area contributed by atoms with Crippen molar-refractivity contribution in [3.05, 3.63) is 113 Å². The fourth-order valence-electron chi connectivity index (χ4n) is 8.51. The fraction of sp³-hybridized carbons (Fsp3) is 0.420. The van der Waals surface area contributed by atoms with Gasteiger partial charge in [-0.15, -0.1) is 21.5 Å². The van der Waals surface area contributed by atoms with Crippen LogP contribution in [0.25, 0.3) is 27.3 Å². The highest BCUT2D eigenvalue weighted by Gasteiger charge is 2.44. The van der Waals surface area contributed by atoms with E-state index in [1.807, 2.05) is 94.9 Å².